The van der Waals surface area contributed by atoms with Gasteiger partial charge >= 0.3 is 0 Å². The smallest absolute Gasteiger partial charge is 0.234 e. The third-order valence-corrected chi connectivity index (χ3v) is 3.36. The molecule has 1 rings (SSSR count). The number of phenols is 1. The van der Waals surface area contributed by atoms with Gasteiger partial charge in [-0.3, -0.25) is 9.69 Å². The maximum absolute atomic E-state index is 11.7. The Hall–Kier alpha value is -1.07. The summed E-state index contributed by atoms with van der Waals surface area (Å²) in [5.74, 6) is 0.706. The Morgan fingerprint density at radius 2 is 2.16 bits per heavy atom. The molecule has 0 atom stereocenters. The fraction of sp³-hybridized carbons (Fsp3) is 0.500. The summed E-state index contributed by atoms with van der Waals surface area (Å²) in [6, 6.07) is 5.13. The predicted molar refractivity (Wildman–Crippen MR) is 80.0 cm³/mol. The van der Waals surface area contributed by atoms with Crippen LogP contribution in [0.15, 0.2) is 22.7 Å². The Morgan fingerprint density at radius 3 is 2.79 bits per heavy atom. The number of aromatic hydroxyl groups is 1. The average Bonchev–Trinajstić information content (AvgIpc) is 2.31. The van der Waals surface area contributed by atoms with Gasteiger partial charge in [-0.15, -0.1) is 0 Å². The summed E-state index contributed by atoms with van der Waals surface area (Å²) in [6.07, 6.45) is 0. The summed E-state index contributed by atoms with van der Waals surface area (Å²) in [6.45, 7) is 5.77. The van der Waals surface area contributed by atoms with E-state index >= 15 is 0 Å². The van der Waals surface area contributed by atoms with Crippen LogP contribution in [-0.2, 0) is 11.3 Å². The van der Waals surface area contributed by atoms with E-state index in [1.54, 1.807) is 18.2 Å². The van der Waals surface area contributed by atoms with Crippen LogP contribution in [0.2, 0.25) is 0 Å². The molecule has 0 spiro atoms. The number of benzene rings is 1. The molecular weight excluding hydrogens is 308 g/mol. The Balaban J connectivity index is 2.48. The monoisotopic (exact) mass is 328 g/mol. The van der Waals surface area contributed by atoms with E-state index < -0.39 is 0 Å². The number of phenolic OH excluding ortho intramolecular Hbond substituents is 1. The lowest BCUT2D eigenvalue weighted by Crippen LogP contribution is -2.36. The minimum atomic E-state index is 0.0208. The van der Waals surface area contributed by atoms with Crippen LogP contribution in [0.4, 0.5) is 0 Å². The lowest BCUT2D eigenvalue weighted by atomic mass is 10.2. The summed E-state index contributed by atoms with van der Waals surface area (Å²) in [7, 11) is 1.88. The number of amides is 1. The van der Waals surface area contributed by atoms with Gasteiger partial charge in [-0.1, -0.05) is 29.8 Å². The van der Waals surface area contributed by atoms with Gasteiger partial charge in [0.05, 0.1) is 6.54 Å². The first-order valence-corrected chi connectivity index (χ1v) is 7.10. The second-order valence-corrected chi connectivity index (χ2v) is 6.00. The number of hydrogen-bond donors (Lipinski definition) is 2. The largest absolute Gasteiger partial charge is 0.508 e. The molecule has 0 saturated carbocycles. The number of nitrogens with zero attached hydrogens (tertiary/aromatic N) is 1. The van der Waals surface area contributed by atoms with Gasteiger partial charge in [-0.25, -0.2) is 0 Å². The normalized spacial score (nSPS) is 11.1. The highest BCUT2D eigenvalue weighted by molar-refractivity contribution is 9.10. The first-order valence-electron chi connectivity index (χ1n) is 6.31. The van der Waals surface area contributed by atoms with Gasteiger partial charge in [-0.05, 0) is 36.7 Å². The van der Waals surface area contributed by atoms with Crippen molar-refractivity contribution in [1.29, 1.82) is 0 Å². The van der Waals surface area contributed by atoms with E-state index in [2.05, 4.69) is 35.1 Å². The van der Waals surface area contributed by atoms with Crippen LogP contribution in [0.5, 0.6) is 5.75 Å². The topological polar surface area (TPSA) is 52.6 Å². The summed E-state index contributed by atoms with van der Waals surface area (Å²) in [4.78, 5) is 13.6. The van der Waals surface area contributed by atoms with E-state index in [1.165, 1.54) is 0 Å². The van der Waals surface area contributed by atoms with E-state index in [1.807, 2.05) is 11.9 Å². The third kappa shape index (κ3) is 6.07. The molecule has 0 bridgehead atoms. The zero-order valence-electron chi connectivity index (χ0n) is 11.6. The molecule has 4 nitrogen and oxygen atoms in total. The molecule has 0 fully saturated rings. The second kappa shape index (κ2) is 7.50. The maximum atomic E-state index is 11.7. The Labute approximate surface area is 122 Å². The number of carbonyl (C=O) groups is 1. The molecule has 106 valence electrons. The summed E-state index contributed by atoms with van der Waals surface area (Å²) < 4.78 is 0.930. The third-order valence-electron chi connectivity index (χ3n) is 2.59. The van der Waals surface area contributed by atoms with Crippen molar-refractivity contribution in [2.75, 3.05) is 20.1 Å². The standard InChI is InChI=1S/C14H21BrN2O2/c1-10(2)7-16-14(19)9-17(3)8-11-6-12(18)4-5-13(11)15/h4-6,10,18H,7-9H2,1-3H3,(H,16,19). The molecule has 0 unspecified atom stereocenters. The summed E-state index contributed by atoms with van der Waals surface area (Å²) in [5.41, 5.74) is 0.958. The van der Waals surface area contributed by atoms with Gasteiger partial charge < -0.3 is 10.4 Å². The molecule has 0 aliphatic carbocycles. The Kier molecular flexibility index (Phi) is 6.31. The van der Waals surface area contributed by atoms with Crippen LogP contribution in [0.25, 0.3) is 0 Å². The molecule has 1 aromatic rings. The van der Waals surface area contributed by atoms with Crippen molar-refractivity contribution < 1.29 is 9.90 Å². The van der Waals surface area contributed by atoms with Crippen molar-refractivity contribution in [2.24, 2.45) is 5.92 Å². The number of halogens is 1. The maximum Gasteiger partial charge on any atom is 0.234 e. The van der Waals surface area contributed by atoms with Gasteiger partial charge in [0.25, 0.3) is 0 Å². The molecule has 0 saturated heterocycles. The minimum absolute atomic E-state index is 0.0208. The molecule has 1 aromatic carbocycles. The van der Waals surface area contributed by atoms with Crippen molar-refractivity contribution in [3.63, 3.8) is 0 Å². The zero-order chi connectivity index (χ0) is 14.4. The van der Waals surface area contributed by atoms with Crippen LogP contribution in [0, 0.1) is 5.92 Å². The summed E-state index contributed by atoms with van der Waals surface area (Å²) >= 11 is 3.44. The van der Waals surface area contributed by atoms with Crippen LogP contribution >= 0.6 is 15.9 Å². The van der Waals surface area contributed by atoms with Crippen molar-refractivity contribution in [1.82, 2.24) is 10.2 Å². The Morgan fingerprint density at radius 1 is 1.47 bits per heavy atom. The van der Waals surface area contributed by atoms with E-state index in [0.29, 0.717) is 25.6 Å². The molecule has 1 amide bonds. The van der Waals surface area contributed by atoms with Gasteiger partial charge in [0.15, 0.2) is 0 Å². The molecule has 0 aliphatic heterocycles. The fourth-order valence-electron chi connectivity index (χ4n) is 1.65. The second-order valence-electron chi connectivity index (χ2n) is 5.15. The highest BCUT2D eigenvalue weighted by Crippen LogP contribution is 2.22. The fourth-order valence-corrected chi connectivity index (χ4v) is 2.02. The minimum Gasteiger partial charge on any atom is -0.508 e. The average molecular weight is 329 g/mol. The zero-order valence-corrected chi connectivity index (χ0v) is 13.2. The van der Waals surface area contributed by atoms with Crippen LogP contribution in [-0.4, -0.2) is 36.1 Å². The quantitative estimate of drug-likeness (QED) is 0.842. The molecule has 5 heteroatoms. The van der Waals surface area contributed by atoms with Crippen molar-refractivity contribution in [2.45, 2.75) is 20.4 Å². The molecule has 0 aromatic heterocycles. The van der Waals surface area contributed by atoms with Gasteiger partial charge in [0, 0.05) is 17.6 Å². The lowest BCUT2D eigenvalue weighted by molar-refractivity contribution is -0.122. The molecule has 0 radical (unpaired) electrons. The van der Waals surface area contributed by atoms with E-state index in [-0.39, 0.29) is 11.7 Å². The molecule has 0 aliphatic rings. The van der Waals surface area contributed by atoms with Crippen molar-refractivity contribution in [3.8, 4) is 5.75 Å². The number of carbonyl (C=O) groups excluding carboxylic acids is 1. The molecule has 19 heavy (non-hydrogen) atoms. The van der Waals surface area contributed by atoms with Crippen LogP contribution < -0.4 is 5.32 Å². The Bertz CT molecular complexity index is 435. The first-order chi connectivity index (χ1) is 8.88. The molecule has 2 N–H and O–H groups in total. The molecule has 0 heterocycles. The van der Waals surface area contributed by atoms with E-state index in [0.717, 1.165) is 10.0 Å². The first kappa shape index (κ1) is 16.0. The number of hydrogen-bond acceptors (Lipinski definition) is 3. The number of rotatable bonds is 6. The van der Waals surface area contributed by atoms with Gasteiger partial charge in [-0.2, -0.15) is 0 Å². The lowest BCUT2D eigenvalue weighted by Gasteiger charge is -2.18. The highest BCUT2D eigenvalue weighted by atomic mass is 79.9. The van der Waals surface area contributed by atoms with Crippen LogP contribution in [0.3, 0.4) is 0 Å². The van der Waals surface area contributed by atoms with Crippen LogP contribution in [0.1, 0.15) is 19.4 Å². The highest BCUT2D eigenvalue weighted by Gasteiger charge is 2.09. The van der Waals surface area contributed by atoms with Gasteiger partial charge in [0.2, 0.25) is 5.91 Å². The van der Waals surface area contributed by atoms with Crippen molar-refractivity contribution in [3.05, 3.63) is 28.2 Å². The molecular formula is C14H21BrN2O2. The van der Waals surface area contributed by atoms with Crippen molar-refractivity contribution >= 4 is 21.8 Å². The SMILES string of the molecule is CC(C)CNC(=O)CN(C)Cc1cc(O)ccc1Br. The number of nitrogens with one attached hydrogen (secondary N) is 1. The number of likely N-dealkylation sites (N-methyl/N-ethyl adjacent to an activating group) is 1. The van der Waals surface area contributed by atoms with Gasteiger partial charge in [0.1, 0.15) is 5.75 Å². The van der Waals surface area contributed by atoms with E-state index in [9.17, 15) is 9.90 Å². The van der Waals surface area contributed by atoms with E-state index in [4.69, 9.17) is 0 Å². The predicted octanol–water partition coefficient (Wildman–Crippen LogP) is 2.36. The summed E-state index contributed by atoms with van der Waals surface area (Å²) in [5, 5.41) is 12.3.